The Balaban J connectivity index is 0. The summed E-state index contributed by atoms with van der Waals surface area (Å²) in [5.41, 5.74) is 0. The minimum absolute atomic E-state index is 0. The Hall–Kier alpha value is 0.630. The summed E-state index contributed by atoms with van der Waals surface area (Å²) in [6, 6.07) is 0. The van der Waals surface area contributed by atoms with Gasteiger partial charge in [-0.05, 0) is 0 Å². The molecule has 3 heteroatoms. The van der Waals surface area contributed by atoms with Crippen molar-refractivity contribution in [3.05, 3.63) is 0 Å². The largest absolute Gasteiger partial charge is 1.00 e. The molecular formula is C4H7NaO2. The normalized spacial score (nSPS) is 19.4. The first-order valence-electron chi connectivity index (χ1n) is 1.96. The van der Waals surface area contributed by atoms with Gasteiger partial charge in [0, 0.05) is 0 Å². The molecule has 0 atom stereocenters. The number of carbonyl (C=O) groups excluding carboxylic acids is 1. The summed E-state index contributed by atoms with van der Waals surface area (Å²) in [5, 5.41) is 0. The van der Waals surface area contributed by atoms with Crippen LogP contribution in [0.15, 0.2) is 0 Å². The first-order chi connectivity index (χ1) is 2.93. The first kappa shape index (κ1) is 7.63. The topological polar surface area (TPSA) is 26.3 Å². The molecule has 1 aliphatic rings. The summed E-state index contributed by atoms with van der Waals surface area (Å²) in [5.74, 6) is 0.213. The second kappa shape index (κ2) is 3.61. The van der Waals surface area contributed by atoms with Gasteiger partial charge in [-0.3, -0.25) is 0 Å². The molecule has 7 heavy (non-hydrogen) atoms. The van der Waals surface area contributed by atoms with E-state index in [2.05, 4.69) is 0 Å². The Morgan fingerprint density at radius 2 is 2.29 bits per heavy atom. The predicted octanol–water partition coefficient (Wildman–Crippen LogP) is -3.05. The number of rotatable bonds is 1. The Labute approximate surface area is 66.0 Å². The van der Waals surface area contributed by atoms with Gasteiger partial charge in [-0.15, -0.1) is 0 Å². The van der Waals surface area contributed by atoms with E-state index in [0.29, 0.717) is 13.2 Å². The number of hydrogen-bond acceptors (Lipinski definition) is 2. The minimum Gasteiger partial charge on any atom is -1.00 e. The average Bonchev–Trinajstić information content (AvgIpc) is 1.31. The van der Waals surface area contributed by atoms with Crippen LogP contribution in [0, 0.1) is 5.92 Å². The summed E-state index contributed by atoms with van der Waals surface area (Å²) in [7, 11) is 0. The van der Waals surface area contributed by atoms with Crippen molar-refractivity contribution in [1.82, 2.24) is 0 Å². The van der Waals surface area contributed by atoms with Crippen LogP contribution >= 0.6 is 0 Å². The van der Waals surface area contributed by atoms with Crippen molar-refractivity contribution in [1.29, 1.82) is 0 Å². The Kier molecular flexibility index (Phi) is 3.93. The summed E-state index contributed by atoms with van der Waals surface area (Å²) >= 11 is 0. The van der Waals surface area contributed by atoms with Gasteiger partial charge in [-0.2, -0.15) is 0 Å². The van der Waals surface area contributed by atoms with Crippen molar-refractivity contribution in [3.63, 3.8) is 0 Å². The first-order valence-corrected chi connectivity index (χ1v) is 1.96. The number of carbonyl (C=O) groups is 1. The molecule has 0 spiro atoms. The maximum Gasteiger partial charge on any atom is 1.00 e. The van der Waals surface area contributed by atoms with Crippen LogP contribution in [0.3, 0.4) is 0 Å². The maximum absolute atomic E-state index is 9.71. The number of aldehydes is 1. The van der Waals surface area contributed by atoms with E-state index in [4.69, 9.17) is 4.74 Å². The second-order valence-corrected chi connectivity index (χ2v) is 1.43. The zero-order valence-corrected chi connectivity index (χ0v) is 6.39. The monoisotopic (exact) mass is 110 g/mol. The fourth-order valence-corrected chi connectivity index (χ4v) is 0.333. The van der Waals surface area contributed by atoms with Crippen molar-refractivity contribution in [2.24, 2.45) is 5.92 Å². The number of ether oxygens (including phenoxy) is 1. The second-order valence-electron chi connectivity index (χ2n) is 1.43. The smallest absolute Gasteiger partial charge is 1.00 e. The molecule has 0 aliphatic carbocycles. The van der Waals surface area contributed by atoms with Crippen molar-refractivity contribution in [3.8, 4) is 0 Å². The third-order valence-electron chi connectivity index (χ3n) is 0.856. The van der Waals surface area contributed by atoms with Crippen LogP contribution in [0.5, 0.6) is 0 Å². The van der Waals surface area contributed by atoms with E-state index >= 15 is 0 Å². The van der Waals surface area contributed by atoms with Gasteiger partial charge >= 0.3 is 29.6 Å². The quantitative estimate of drug-likeness (QED) is 0.265. The molecule has 0 unspecified atom stereocenters. The summed E-state index contributed by atoms with van der Waals surface area (Å²) < 4.78 is 4.69. The minimum atomic E-state index is 0. The van der Waals surface area contributed by atoms with Gasteiger partial charge in [-0.25, -0.2) is 0 Å². The molecule has 0 amide bonds. The Morgan fingerprint density at radius 3 is 2.29 bits per heavy atom. The van der Waals surface area contributed by atoms with Gasteiger partial charge < -0.3 is 11.0 Å². The van der Waals surface area contributed by atoms with Gasteiger partial charge in [0.25, 0.3) is 0 Å². The van der Waals surface area contributed by atoms with Crippen LogP contribution in [0.25, 0.3) is 0 Å². The van der Waals surface area contributed by atoms with Crippen LogP contribution in [0.4, 0.5) is 0 Å². The zero-order valence-electron chi connectivity index (χ0n) is 5.39. The maximum atomic E-state index is 9.71. The van der Waals surface area contributed by atoms with E-state index in [1.54, 1.807) is 0 Å². The van der Waals surface area contributed by atoms with Gasteiger partial charge in [0.15, 0.2) is 0 Å². The van der Waals surface area contributed by atoms with Crippen molar-refractivity contribution in [2.75, 3.05) is 13.2 Å². The molecule has 0 N–H and O–H groups in total. The number of hydrogen-bond donors (Lipinski definition) is 0. The molecule has 0 saturated carbocycles. The van der Waals surface area contributed by atoms with Gasteiger partial charge in [0.05, 0.1) is 19.1 Å². The van der Waals surface area contributed by atoms with Crippen LogP contribution in [-0.2, 0) is 9.53 Å². The fraction of sp³-hybridized carbons (Fsp3) is 0.750. The molecule has 1 aliphatic heterocycles. The van der Waals surface area contributed by atoms with Crippen LogP contribution in [0.2, 0.25) is 0 Å². The van der Waals surface area contributed by atoms with Gasteiger partial charge in [0.2, 0.25) is 0 Å². The predicted molar refractivity (Wildman–Crippen MR) is 21.5 cm³/mol. The van der Waals surface area contributed by atoms with Gasteiger partial charge in [-0.1, -0.05) is 0 Å². The van der Waals surface area contributed by atoms with E-state index in [0.717, 1.165) is 6.29 Å². The molecule has 0 aromatic heterocycles. The summed E-state index contributed by atoms with van der Waals surface area (Å²) in [6.45, 7) is 1.28. The van der Waals surface area contributed by atoms with Crippen molar-refractivity contribution in [2.45, 2.75) is 0 Å². The molecule has 1 rings (SSSR count). The van der Waals surface area contributed by atoms with E-state index in [1.165, 1.54) is 0 Å². The fourth-order valence-electron chi connectivity index (χ4n) is 0.333. The third-order valence-corrected chi connectivity index (χ3v) is 0.856. The molecular weight excluding hydrogens is 103 g/mol. The molecule has 0 aromatic rings. The van der Waals surface area contributed by atoms with E-state index in [9.17, 15) is 4.79 Å². The molecule has 36 valence electrons. The molecule has 2 nitrogen and oxygen atoms in total. The van der Waals surface area contributed by atoms with Crippen LogP contribution in [-0.4, -0.2) is 19.5 Å². The van der Waals surface area contributed by atoms with Crippen molar-refractivity contribution >= 4 is 6.29 Å². The van der Waals surface area contributed by atoms with E-state index < -0.39 is 0 Å². The van der Waals surface area contributed by atoms with E-state index in [1.807, 2.05) is 0 Å². The molecule has 0 aromatic carbocycles. The Morgan fingerprint density at radius 1 is 1.71 bits per heavy atom. The average molecular weight is 110 g/mol. The third kappa shape index (κ3) is 1.91. The van der Waals surface area contributed by atoms with Crippen molar-refractivity contribution < 1.29 is 40.5 Å². The Bertz CT molecular complexity index is 65.1. The standard InChI is InChI=1S/C4H6O2.Na.H/c5-1-4-2-6-3-4;;/h1,4H,2-3H2;;/q;+1;-1. The molecule has 1 saturated heterocycles. The summed E-state index contributed by atoms with van der Waals surface area (Å²) in [6.07, 6.45) is 0.934. The molecule has 0 radical (unpaired) electrons. The zero-order chi connectivity index (χ0) is 4.41. The van der Waals surface area contributed by atoms with Crippen LogP contribution < -0.4 is 29.6 Å². The van der Waals surface area contributed by atoms with E-state index in [-0.39, 0.29) is 36.9 Å². The molecule has 1 heterocycles. The molecule has 1 fully saturated rings. The SMILES string of the molecule is O=CC1COC1.[H-].[Na+]. The van der Waals surface area contributed by atoms with Crippen LogP contribution in [0.1, 0.15) is 1.43 Å². The van der Waals surface area contributed by atoms with Gasteiger partial charge in [0.1, 0.15) is 6.29 Å². The summed E-state index contributed by atoms with van der Waals surface area (Å²) in [4.78, 5) is 9.71. The molecule has 0 bridgehead atoms.